The highest BCUT2D eigenvalue weighted by Crippen LogP contribution is 2.16. The zero-order valence-electron chi connectivity index (χ0n) is 10.4. The van der Waals surface area contributed by atoms with E-state index in [9.17, 15) is 4.79 Å². The fraction of sp³-hybridized carbons (Fsp3) is 0.462. The molecule has 2 rings (SSSR count). The minimum Gasteiger partial charge on any atom is -0.484 e. The lowest BCUT2D eigenvalue weighted by Gasteiger charge is -2.23. The van der Waals surface area contributed by atoms with Crippen molar-refractivity contribution in [1.29, 1.82) is 0 Å². The molecule has 1 aromatic carbocycles. The van der Waals surface area contributed by atoms with Crippen molar-refractivity contribution in [2.24, 2.45) is 0 Å². The van der Waals surface area contributed by atoms with E-state index >= 15 is 0 Å². The van der Waals surface area contributed by atoms with Crippen LogP contribution >= 0.6 is 15.9 Å². The Morgan fingerprint density at radius 2 is 2.22 bits per heavy atom. The quantitative estimate of drug-likeness (QED) is 0.919. The van der Waals surface area contributed by atoms with Gasteiger partial charge in [0.15, 0.2) is 6.61 Å². The molecule has 1 aliphatic rings. The fourth-order valence-corrected chi connectivity index (χ4v) is 2.22. The van der Waals surface area contributed by atoms with Crippen LogP contribution in [0.1, 0.15) is 6.42 Å². The van der Waals surface area contributed by atoms with Crippen molar-refractivity contribution in [3.8, 4) is 5.75 Å². The second-order valence-electron chi connectivity index (χ2n) is 4.39. The molecule has 0 bridgehead atoms. The summed E-state index contributed by atoms with van der Waals surface area (Å²) in [5.41, 5.74) is 0. The number of hydrogen-bond donors (Lipinski definition) is 1. The number of likely N-dealkylation sites (N-methyl/N-ethyl adjacent to an activating group) is 1. The van der Waals surface area contributed by atoms with E-state index < -0.39 is 0 Å². The van der Waals surface area contributed by atoms with Crippen LogP contribution in [0.4, 0.5) is 0 Å². The molecule has 1 fully saturated rings. The van der Waals surface area contributed by atoms with Crippen molar-refractivity contribution in [1.82, 2.24) is 10.2 Å². The average Bonchev–Trinajstić information content (AvgIpc) is 2.90. The normalized spacial score (nSPS) is 18.7. The summed E-state index contributed by atoms with van der Waals surface area (Å²) in [4.78, 5) is 13.7. The van der Waals surface area contributed by atoms with Crippen LogP contribution in [0.2, 0.25) is 0 Å². The molecular weight excluding hydrogens is 296 g/mol. The Kier molecular flexibility index (Phi) is 4.60. The molecule has 0 aliphatic carbocycles. The first-order valence-electron chi connectivity index (χ1n) is 6.01. The minimum atomic E-state index is 0.0200. The van der Waals surface area contributed by atoms with E-state index in [1.54, 1.807) is 4.90 Å². The van der Waals surface area contributed by atoms with Crippen molar-refractivity contribution >= 4 is 21.8 Å². The number of nitrogens with one attached hydrogen (secondary N) is 1. The third-order valence-corrected chi connectivity index (χ3v) is 3.68. The summed E-state index contributed by atoms with van der Waals surface area (Å²) in [6.45, 7) is 1.95. The van der Waals surface area contributed by atoms with Gasteiger partial charge < -0.3 is 15.0 Å². The zero-order valence-corrected chi connectivity index (χ0v) is 11.9. The van der Waals surface area contributed by atoms with Gasteiger partial charge in [-0.15, -0.1) is 0 Å². The monoisotopic (exact) mass is 312 g/mol. The predicted molar refractivity (Wildman–Crippen MR) is 73.7 cm³/mol. The van der Waals surface area contributed by atoms with Crippen molar-refractivity contribution in [3.63, 3.8) is 0 Å². The first-order chi connectivity index (χ1) is 8.66. The largest absolute Gasteiger partial charge is 0.484 e. The lowest BCUT2D eigenvalue weighted by Crippen LogP contribution is -2.40. The Morgan fingerprint density at radius 3 is 2.83 bits per heavy atom. The number of amides is 1. The summed E-state index contributed by atoms with van der Waals surface area (Å²) in [6, 6.07) is 7.77. The molecule has 0 radical (unpaired) electrons. The van der Waals surface area contributed by atoms with Gasteiger partial charge in [0.2, 0.25) is 0 Å². The second-order valence-corrected chi connectivity index (χ2v) is 5.31. The molecule has 0 spiro atoms. The predicted octanol–water partition coefficient (Wildman–Crippen LogP) is 1.65. The van der Waals surface area contributed by atoms with Gasteiger partial charge in [0, 0.05) is 24.1 Å². The molecule has 1 aliphatic heterocycles. The van der Waals surface area contributed by atoms with Gasteiger partial charge in [0.1, 0.15) is 5.75 Å². The lowest BCUT2D eigenvalue weighted by atomic mass is 10.2. The molecule has 1 saturated heterocycles. The first kappa shape index (κ1) is 13.4. The molecule has 1 atom stereocenters. The molecule has 1 heterocycles. The number of rotatable bonds is 4. The zero-order chi connectivity index (χ0) is 13.0. The maximum atomic E-state index is 11.9. The Labute approximate surface area is 115 Å². The summed E-state index contributed by atoms with van der Waals surface area (Å²) in [5.74, 6) is 0.733. The van der Waals surface area contributed by atoms with Crippen LogP contribution in [0, 0.1) is 0 Å². The number of hydrogen-bond acceptors (Lipinski definition) is 3. The summed E-state index contributed by atoms with van der Waals surface area (Å²) < 4.78 is 6.47. The van der Waals surface area contributed by atoms with Gasteiger partial charge in [-0.2, -0.15) is 0 Å². The van der Waals surface area contributed by atoms with Crippen molar-refractivity contribution < 1.29 is 9.53 Å². The third-order valence-electron chi connectivity index (χ3n) is 3.15. The van der Waals surface area contributed by atoms with Crippen LogP contribution in [-0.4, -0.2) is 43.6 Å². The Morgan fingerprint density at radius 1 is 1.50 bits per heavy atom. The van der Waals surface area contributed by atoms with E-state index in [-0.39, 0.29) is 12.5 Å². The van der Waals surface area contributed by atoms with E-state index in [1.165, 1.54) is 0 Å². The van der Waals surface area contributed by atoms with Crippen LogP contribution in [0.5, 0.6) is 5.75 Å². The molecule has 0 saturated carbocycles. The molecule has 1 amide bonds. The van der Waals surface area contributed by atoms with E-state index in [2.05, 4.69) is 21.2 Å². The van der Waals surface area contributed by atoms with Crippen molar-refractivity contribution in [2.45, 2.75) is 12.5 Å². The number of ether oxygens (including phenoxy) is 1. The highest BCUT2D eigenvalue weighted by Gasteiger charge is 2.23. The number of benzene rings is 1. The fourth-order valence-electron chi connectivity index (χ4n) is 1.95. The smallest absolute Gasteiger partial charge is 0.260 e. The summed E-state index contributed by atoms with van der Waals surface area (Å²) in [5, 5.41) is 3.25. The van der Waals surface area contributed by atoms with Gasteiger partial charge in [0.25, 0.3) is 5.91 Å². The molecule has 5 heteroatoms. The average molecular weight is 313 g/mol. The van der Waals surface area contributed by atoms with Crippen LogP contribution in [-0.2, 0) is 4.79 Å². The number of halogens is 1. The molecule has 1 N–H and O–H groups in total. The van der Waals surface area contributed by atoms with Crippen LogP contribution in [0.15, 0.2) is 28.7 Å². The third kappa shape index (κ3) is 3.46. The number of nitrogens with zero attached hydrogens (tertiary/aromatic N) is 1. The van der Waals surface area contributed by atoms with E-state index in [4.69, 9.17) is 4.74 Å². The lowest BCUT2D eigenvalue weighted by molar-refractivity contribution is -0.133. The van der Waals surface area contributed by atoms with E-state index in [0.29, 0.717) is 11.8 Å². The topological polar surface area (TPSA) is 41.6 Å². The Hall–Kier alpha value is -1.07. The maximum absolute atomic E-state index is 11.9. The highest BCUT2D eigenvalue weighted by atomic mass is 79.9. The van der Waals surface area contributed by atoms with Gasteiger partial charge in [0.05, 0.1) is 0 Å². The summed E-state index contributed by atoms with van der Waals surface area (Å²) >= 11 is 3.36. The van der Waals surface area contributed by atoms with Crippen LogP contribution < -0.4 is 10.1 Å². The van der Waals surface area contributed by atoms with E-state index in [0.717, 1.165) is 24.0 Å². The first-order valence-corrected chi connectivity index (χ1v) is 6.81. The molecule has 0 aromatic heterocycles. The number of carbonyl (C=O) groups excluding carboxylic acids is 1. The molecule has 1 unspecified atom stereocenters. The molecule has 18 heavy (non-hydrogen) atoms. The van der Waals surface area contributed by atoms with Gasteiger partial charge in [-0.3, -0.25) is 4.79 Å². The Balaban J connectivity index is 1.82. The van der Waals surface area contributed by atoms with Crippen LogP contribution in [0.3, 0.4) is 0 Å². The molecular formula is C13H17BrN2O2. The van der Waals surface area contributed by atoms with Crippen molar-refractivity contribution in [3.05, 3.63) is 28.7 Å². The number of carbonyl (C=O) groups is 1. The van der Waals surface area contributed by atoms with Gasteiger partial charge in [-0.25, -0.2) is 0 Å². The maximum Gasteiger partial charge on any atom is 0.260 e. The van der Waals surface area contributed by atoms with E-state index in [1.807, 2.05) is 31.3 Å². The summed E-state index contributed by atoms with van der Waals surface area (Å²) in [7, 11) is 1.84. The van der Waals surface area contributed by atoms with Crippen molar-refractivity contribution in [2.75, 3.05) is 26.7 Å². The standard InChI is InChI=1S/C13H17BrN2O2/c1-16(11-6-7-15-8-11)13(17)9-18-12-4-2-10(14)3-5-12/h2-5,11,15H,6-9H2,1H3. The second kappa shape index (κ2) is 6.20. The molecule has 98 valence electrons. The molecule has 1 aromatic rings. The molecule has 4 nitrogen and oxygen atoms in total. The van der Waals surface area contributed by atoms with Gasteiger partial charge in [-0.05, 0) is 37.2 Å². The van der Waals surface area contributed by atoms with Gasteiger partial charge >= 0.3 is 0 Å². The Bertz CT molecular complexity index is 402. The highest BCUT2D eigenvalue weighted by molar-refractivity contribution is 9.10. The SMILES string of the molecule is CN(C(=O)COc1ccc(Br)cc1)C1CCNC1. The van der Waals surface area contributed by atoms with Crippen LogP contribution in [0.25, 0.3) is 0 Å². The minimum absolute atomic E-state index is 0.0200. The summed E-state index contributed by atoms with van der Waals surface area (Å²) in [6.07, 6.45) is 1.01. The van der Waals surface area contributed by atoms with Gasteiger partial charge in [-0.1, -0.05) is 15.9 Å².